The van der Waals surface area contributed by atoms with Crippen molar-refractivity contribution in [3.05, 3.63) is 32.9 Å². The molecule has 1 saturated heterocycles. The highest BCUT2D eigenvalue weighted by atomic mass is 19.1. The van der Waals surface area contributed by atoms with Crippen LogP contribution < -0.4 is 11.2 Å². The third kappa shape index (κ3) is 3.04. The number of aromatic nitrogens is 2. The lowest BCUT2D eigenvalue weighted by atomic mass is 10.0. The molecule has 0 bridgehead atoms. The van der Waals surface area contributed by atoms with Crippen molar-refractivity contribution in [2.24, 2.45) is 0 Å². The number of hydrogen-bond acceptors (Lipinski definition) is 7. The van der Waals surface area contributed by atoms with Crippen LogP contribution >= 0.6 is 0 Å². The van der Waals surface area contributed by atoms with Crippen LogP contribution in [0.25, 0.3) is 0 Å². The third-order valence-corrected chi connectivity index (χ3v) is 3.31. The SMILES string of the molecule is O=c1[nH]c(=O)n(C2C[C@@H](O)[C@@H](O)[C@H](O)[C@@H](CO)O2)cc1F. The fourth-order valence-corrected chi connectivity index (χ4v) is 2.14. The van der Waals surface area contributed by atoms with E-state index in [1.165, 1.54) is 0 Å². The molecule has 1 fully saturated rings. The minimum absolute atomic E-state index is 0.347. The summed E-state index contributed by atoms with van der Waals surface area (Å²) in [5.74, 6) is -1.24. The summed E-state index contributed by atoms with van der Waals surface area (Å²) in [6, 6.07) is 0. The highest BCUT2D eigenvalue weighted by molar-refractivity contribution is 4.92. The molecule has 0 saturated carbocycles. The molecule has 5 atom stereocenters. The lowest BCUT2D eigenvalue weighted by Crippen LogP contribution is -2.44. The summed E-state index contributed by atoms with van der Waals surface area (Å²) in [6.07, 6.45) is -6.97. The molecule has 1 aliphatic rings. The summed E-state index contributed by atoms with van der Waals surface area (Å²) in [5, 5.41) is 38.2. The van der Waals surface area contributed by atoms with Crippen LogP contribution in [0.4, 0.5) is 4.39 Å². The summed E-state index contributed by atoms with van der Waals surface area (Å²) in [6.45, 7) is -0.692. The zero-order valence-electron chi connectivity index (χ0n) is 10.7. The lowest BCUT2D eigenvalue weighted by molar-refractivity contribution is -0.132. The fraction of sp³-hybridized carbons (Fsp3) is 0.636. The first-order chi connectivity index (χ1) is 9.85. The topological polar surface area (TPSA) is 145 Å². The molecule has 5 N–H and O–H groups in total. The van der Waals surface area contributed by atoms with E-state index >= 15 is 0 Å². The Balaban J connectivity index is 2.41. The summed E-state index contributed by atoms with van der Waals surface area (Å²) in [5.41, 5.74) is -2.19. The lowest BCUT2D eigenvalue weighted by Gasteiger charge is -2.24. The van der Waals surface area contributed by atoms with Gasteiger partial charge in [-0.3, -0.25) is 14.3 Å². The highest BCUT2D eigenvalue weighted by Gasteiger charge is 2.39. The molecule has 0 radical (unpaired) electrons. The van der Waals surface area contributed by atoms with Gasteiger partial charge in [-0.2, -0.15) is 4.39 Å². The molecule has 1 aromatic rings. The van der Waals surface area contributed by atoms with Crippen LogP contribution in [0, 0.1) is 5.82 Å². The molecule has 1 aromatic heterocycles. The Bertz CT molecular complexity index is 615. The predicted octanol–water partition coefficient (Wildman–Crippen LogP) is -2.96. The van der Waals surface area contributed by atoms with Crippen molar-refractivity contribution in [1.82, 2.24) is 9.55 Å². The summed E-state index contributed by atoms with van der Waals surface area (Å²) in [4.78, 5) is 24.4. The Kier molecular flexibility index (Phi) is 4.54. The monoisotopic (exact) mass is 306 g/mol. The van der Waals surface area contributed by atoms with E-state index in [1.807, 2.05) is 0 Å². The van der Waals surface area contributed by atoms with E-state index in [9.17, 15) is 29.3 Å². The molecule has 0 spiro atoms. The summed E-state index contributed by atoms with van der Waals surface area (Å²) >= 11 is 0. The fourth-order valence-electron chi connectivity index (χ4n) is 2.14. The van der Waals surface area contributed by atoms with Gasteiger partial charge in [0, 0.05) is 6.42 Å². The number of nitrogens with zero attached hydrogens (tertiary/aromatic N) is 1. The number of aromatic amines is 1. The quantitative estimate of drug-likeness (QED) is 0.392. The molecule has 9 nitrogen and oxygen atoms in total. The number of hydrogen-bond donors (Lipinski definition) is 5. The van der Waals surface area contributed by atoms with Crippen LogP contribution in [0.15, 0.2) is 15.8 Å². The number of halogens is 1. The Hall–Kier alpha value is -1.59. The summed E-state index contributed by atoms with van der Waals surface area (Å²) < 4.78 is 19.2. The Morgan fingerprint density at radius 2 is 2.00 bits per heavy atom. The number of nitrogens with one attached hydrogen (secondary N) is 1. The molecule has 2 heterocycles. The second-order valence-corrected chi connectivity index (χ2v) is 4.74. The van der Waals surface area contributed by atoms with E-state index in [-0.39, 0.29) is 6.42 Å². The number of rotatable bonds is 2. The maximum atomic E-state index is 13.3. The van der Waals surface area contributed by atoms with Gasteiger partial charge in [-0.1, -0.05) is 0 Å². The Morgan fingerprint density at radius 1 is 1.33 bits per heavy atom. The maximum Gasteiger partial charge on any atom is 0.330 e. The second-order valence-electron chi connectivity index (χ2n) is 4.74. The summed E-state index contributed by atoms with van der Waals surface area (Å²) in [7, 11) is 0. The molecule has 0 aromatic carbocycles. The van der Waals surface area contributed by atoms with Crippen molar-refractivity contribution in [2.75, 3.05) is 6.61 Å². The smallest absolute Gasteiger partial charge is 0.330 e. The van der Waals surface area contributed by atoms with Gasteiger partial charge >= 0.3 is 5.69 Å². The van der Waals surface area contributed by atoms with E-state index < -0.39 is 54.3 Å². The average Bonchev–Trinajstić information content (AvgIpc) is 2.54. The van der Waals surface area contributed by atoms with E-state index in [2.05, 4.69) is 0 Å². The first-order valence-electron chi connectivity index (χ1n) is 6.16. The molecule has 2 rings (SSSR count). The number of aliphatic hydroxyl groups excluding tert-OH is 4. The molecule has 1 unspecified atom stereocenters. The number of aliphatic hydroxyl groups is 4. The molecular weight excluding hydrogens is 291 g/mol. The Morgan fingerprint density at radius 3 is 2.62 bits per heavy atom. The number of ether oxygens (including phenoxy) is 1. The van der Waals surface area contributed by atoms with Gasteiger partial charge in [-0.25, -0.2) is 4.79 Å². The zero-order valence-corrected chi connectivity index (χ0v) is 10.7. The molecule has 21 heavy (non-hydrogen) atoms. The molecule has 118 valence electrons. The van der Waals surface area contributed by atoms with Crippen molar-refractivity contribution >= 4 is 0 Å². The highest BCUT2D eigenvalue weighted by Crippen LogP contribution is 2.25. The van der Waals surface area contributed by atoms with Crippen molar-refractivity contribution < 1.29 is 29.6 Å². The van der Waals surface area contributed by atoms with E-state index in [1.54, 1.807) is 4.98 Å². The minimum Gasteiger partial charge on any atom is -0.394 e. The number of H-pyrrole nitrogens is 1. The van der Waals surface area contributed by atoms with Gasteiger partial charge in [0.25, 0.3) is 5.56 Å². The molecular formula is C11H15FN2O7. The van der Waals surface area contributed by atoms with Crippen LogP contribution in [0.5, 0.6) is 0 Å². The van der Waals surface area contributed by atoms with Crippen molar-refractivity contribution in [3.63, 3.8) is 0 Å². The van der Waals surface area contributed by atoms with Crippen LogP contribution in [-0.4, -0.2) is 61.0 Å². The Labute approximate surface area is 116 Å². The largest absolute Gasteiger partial charge is 0.394 e. The average molecular weight is 306 g/mol. The first kappa shape index (κ1) is 15.8. The van der Waals surface area contributed by atoms with Crippen LogP contribution in [0.3, 0.4) is 0 Å². The second kappa shape index (κ2) is 6.03. The van der Waals surface area contributed by atoms with E-state index in [4.69, 9.17) is 9.84 Å². The van der Waals surface area contributed by atoms with Crippen LogP contribution in [0.2, 0.25) is 0 Å². The van der Waals surface area contributed by atoms with E-state index in [0.29, 0.717) is 10.8 Å². The van der Waals surface area contributed by atoms with Gasteiger partial charge in [-0.05, 0) is 0 Å². The maximum absolute atomic E-state index is 13.3. The predicted molar refractivity (Wildman–Crippen MR) is 64.9 cm³/mol. The van der Waals surface area contributed by atoms with Crippen molar-refractivity contribution in [3.8, 4) is 0 Å². The van der Waals surface area contributed by atoms with Gasteiger partial charge in [-0.15, -0.1) is 0 Å². The van der Waals surface area contributed by atoms with Gasteiger partial charge < -0.3 is 25.2 Å². The van der Waals surface area contributed by atoms with Crippen LogP contribution in [-0.2, 0) is 4.74 Å². The minimum atomic E-state index is -1.60. The van der Waals surface area contributed by atoms with Gasteiger partial charge in [0.2, 0.25) is 5.82 Å². The first-order valence-corrected chi connectivity index (χ1v) is 6.16. The normalized spacial score (nSPS) is 33.7. The zero-order chi connectivity index (χ0) is 15.7. The van der Waals surface area contributed by atoms with Crippen molar-refractivity contribution in [2.45, 2.75) is 37.1 Å². The van der Waals surface area contributed by atoms with Crippen LogP contribution in [0.1, 0.15) is 12.6 Å². The van der Waals surface area contributed by atoms with Crippen molar-refractivity contribution in [1.29, 1.82) is 0 Å². The standard InChI is InChI=1S/C11H15FN2O7/c12-4-2-14(11(20)13-10(4)19)7-1-5(16)8(17)9(18)6(3-15)21-7/h2,5-9,15-18H,1,3H2,(H,13,19,20)/t5-,6-,7?,8-,9-/m1/s1. The van der Waals surface area contributed by atoms with Gasteiger partial charge in [0.15, 0.2) is 0 Å². The van der Waals surface area contributed by atoms with Gasteiger partial charge in [0.1, 0.15) is 24.5 Å². The molecule has 10 heteroatoms. The van der Waals surface area contributed by atoms with Gasteiger partial charge in [0.05, 0.1) is 18.9 Å². The third-order valence-electron chi connectivity index (χ3n) is 3.31. The molecule has 1 aliphatic heterocycles. The molecule has 0 amide bonds. The van der Waals surface area contributed by atoms with E-state index in [0.717, 1.165) is 0 Å². The molecule has 0 aliphatic carbocycles.